The number of carbonyl (C=O) groups is 5. The highest BCUT2D eigenvalue weighted by Crippen LogP contribution is 2.46. The van der Waals surface area contributed by atoms with Gasteiger partial charge in [0.05, 0.1) is 41.0 Å². The van der Waals surface area contributed by atoms with Gasteiger partial charge in [-0.25, -0.2) is 18.6 Å². The predicted molar refractivity (Wildman–Crippen MR) is 327 cm³/mol. The lowest BCUT2D eigenvalue weighted by molar-refractivity contribution is -0.135. The number of aliphatic imine (C=N–C) groups is 1. The number of halogens is 5. The fourth-order valence-electron chi connectivity index (χ4n) is 10.8. The normalized spacial score (nSPS) is 16.5. The molecule has 2 saturated heterocycles. The van der Waals surface area contributed by atoms with Crippen molar-refractivity contribution in [3.05, 3.63) is 175 Å². The van der Waals surface area contributed by atoms with Crippen molar-refractivity contribution in [2.75, 3.05) is 70.5 Å². The number of anilines is 2. The monoisotopic (exact) mass is 1230 g/mol. The molecule has 0 bridgehead atoms. The van der Waals surface area contributed by atoms with Crippen LogP contribution in [0.4, 0.5) is 25.1 Å². The molecule has 3 atom stereocenters. The number of urea groups is 1. The molecule has 3 aliphatic heterocycles. The Labute approximate surface area is 513 Å². The van der Waals surface area contributed by atoms with Crippen molar-refractivity contribution in [1.82, 2.24) is 29.5 Å². The standard InChI is InChI=1S/C64H68Cl3F2N9O8/c1-39(2)85-52-36-48(84-4)24-25-49(52)61-73-58(41-12-18-45(65)19-13-41)59(42-14-20-46(66)21-15-42)78(61)64(83)77-34-31-74(55(80)38-77)28-10-8-6-5-7-9-11-54(79)75-29-32-76(33-30-75)63(82)43-16-22-47(23-17-43)72-62(81)44-35-53(60(70)71-37-44)86-40(3)56-51(68)27-26-50(67)57(56)69/h12-27,35-37,39-40,58-59H,5-11,28-34,38H2,1-4H3,(H2,70,71)(H,72,81)/t40-,58+,59-/m1/s1. The molecule has 0 aliphatic carbocycles. The molecular formula is C64H68Cl3F2N9O8. The van der Waals surface area contributed by atoms with Gasteiger partial charge in [0.1, 0.15) is 41.8 Å². The third-order valence-electron chi connectivity index (χ3n) is 15.4. The van der Waals surface area contributed by atoms with Crippen molar-refractivity contribution >= 4 is 81.8 Å². The van der Waals surface area contributed by atoms with Crippen LogP contribution in [0.3, 0.4) is 0 Å². The summed E-state index contributed by atoms with van der Waals surface area (Å²) in [4.78, 5) is 86.8. The molecule has 17 nitrogen and oxygen atoms in total. The Bertz CT molecular complexity index is 3460. The van der Waals surface area contributed by atoms with E-state index in [0.29, 0.717) is 96.4 Å². The largest absolute Gasteiger partial charge is 0.497 e. The summed E-state index contributed by atoms with van der Waals surface area (Å²) < 4.78 is 46.7. The molecule has 0 spiro atoms. The van der Waals surface area contributed by atoms with Gasteiger partial charge in [-0.1, -0.05) is 84.8 Å². The smallest absolute Gasteiger partial charge is 0.326 e. The zero-order valence-corrected chi connectivity index (χ0v) is 50.5. The number of unbranched alkanes of at least 4 members (excludes halogenated alkanes) is 5. The van der Waals surface area contributed by atoms with Crippen molar-refractivity contribution < 1.29 is 47.0 Å². The number of carbonyl (C=O) groups excluding carboxylic acids is 5. The van der Waals surface area contributed by atoms with E-state index in [0.717, 1.165) is 61.8 Å². The van der Waals surface area contributed by atoms with E-state index in [2.05, 4.69) is 10.3 Å². The molecule has 9 rings (SSSR count). The van der Waals surface area contributed by atoms with Crippen LogP contribution >= 0.6 is 34.8 Å². The lowest BCUT2D eigenvalue weighted by atomic mass is 9.93. The van der Waals surface area contributed by atoms with Gasteiger partial charge in [0, 0.05) is 85.8 Å². The molecule has 22 heteroatoms. The van der Waals surface area contributed by atoms with E-state index >= 15 is 4.79 Å². The van der Waals surface area contributed by atoms with Gasteiger partial charge in [-0.2, -0.15) is 0 Å². The maximum absolute atomic E-state index is 15.1. The number of amides is 6. The molecule has 6 amide bonds. The van der Waals surface area contributed by atoms with Crippen LogP contribution in [0.25, 0.3) is 0 Å². The summed E-state index contributed by atoms with van der Waals surface area (Å²) in [6.45, 7) is 8.07. The summed E-state index contributed by atoms with van der Waals surface area (Å²) in [6.07, 6.45) is 5.56. The lowest BCUT2D eigenvalue weighted by Crippen LogP contribution is -2.56. The summed E-state index contributed by atoms with van der Waals surface area (Å²) in [5, 5.41) is 3.58. The molecule has 1 aromatic heterocycles. The van der Waals surface area contributed by atoms with E-state index in [1.54, 1.807) is 81.3 Å². The van der Waals surface area contributed by atoms with E-state index in [4.69, 9.17) is 59.7 Å². The minimum Gasteiger partial charge on any atom is -0.497 e. The number of pyridine rings is 1. The van der Waals surface area contributed by atoms with Crippen LogP contribution < -0.4 is 25.3 Å². The molecule has 4 heterocycles. The van der Waals surface area contributed by atoms with Crippen molar-refractivity contribution in [3.63, 3.8) is 0 Å². The summed E-state index contributed by atoms with van der Waals surface area (Å²) in [5.74, 6) is -1.34. The summed E-state index contributed by atoms with van der Waals surface area (Å²) in [7, 11) is 1.58. The number of hydrogen-bond donors (Lipinski definition) is 2. The number of nitrogens with one attached hydrogen (secondary N) is 1. The molecule has 3 aliphatic rings. The number of piperazine rings is 2. The lowest BCUT2D eigenvalue weighted by Gasteiger charge is -2.38. The first-order valence-corrected chi connectivity index (χ1v) is 29.8. The fraction of sp³-hybridized carbons (Fsp3) is 0.359. The Morgan fingerprint density at radius 1 is 0.709 bits per heavy atom. The van der Waals surface area contributed by atoms with Gasteiger partial charge in [0.25, 0.3) is 11.8 Å². The van der Waals surface area contributed by atoms with Gasteiger partial charge in [-0.3, -0.25) is 29.1 Å². The van der Waals surface area contributed by atoms with Crippen LogP contribution in [-0.2, 0) is 9.59 Å². The van der Waals surface area contributed by atoms with Gasteiger partial charge in [0.2, 0.25) is 11.8 Å². The molecule has 0 saturated carbocycles. The van der Waals surface area contributed by atoms with Gasteiger partial charge >= 0.3 is 6.03 Å². The summed E-state index contributed by atoms with van der Waals surface area (Å²) in [5.41, 5.74) is 8.70. The Morgan fingerprint density at radius 2 is 1.35 bits per heavy atom. The number of ether oxygens (including phenoxy) is 3. The second-order valence-corrected chi connectivity index (χ2v) is 22.9. The zero-order valence-electron chi connectivity index (χ0n) is 48.2. The number of aromatic nitrogens is 1. The first kappa shape index (κ1) is 62.5. The number of amidine groups is 1. The van der Waals surface area contributed by atoms with Crippen LogP contribution in [0.1, 0.15) is 127 Å². The van der Waals surface area contributed by atoms with Crippen molar-refractivity contribution in [2.45, 2.75) is 90.0 Å². The van der Waals surface area contributed by atoms with Crippen LogP contribution in [0, 0.1) is 11.6 Å². The minimum atomic E-state index is -1.16. The topological polar surface area (TPSA) is 193 Å². The fourth-order valence-corrected chi connectivity index (χ4v) is 11.2. The van der Waals surface area contributed by atoms with E-state index in [9.17, 15) is 28.0 Å². The molecule has 2 fully saturated rings. The van der Waals surface area contributed by atoms with E-state index < -0.39 is 41.3 Å². The van der Waals surface area contributed by atoms with Crippen LogP contribution in [0.2, 0.25) is 15.1 Å². The first-order valence-electron chi connectivity index (χ1n) is 28.7. The summed E-state index contributed by atoms with van der Waals surface area (Å²) >= 11 is 18.6. The SMILES string of the molecule is COc1ccc(C2=N[C@@H](c3ccc(Cl)cc3)[C@@H](c3ccc(Cl)cc3)N2C(=O)N2CCN(CCCCCCCCC(=O)N3CCN(C(=O)c4ccc(NC(=O)c5cnc(N)c(O[C@H](C)c6c(F)ccc(Cl)c6F)c5)cc4)CC3)C(=O)C2)c(OC(C)C)c1. The molecule has 6 aromatic rings. The maximum atomic E-state index is 15.1. The van der Waals surface area contributed by atoms with E-state index in [1.807, 2.05) is 55.1 Å². The zero-order chi connectivity index (χ0) is 61.2. The van der Waals surface area contributed by atoms with Crippen molar-refractivity contribution in [1.29, 1.82) is 0 Å². The van der Waals surface area contributed by atoms with Crippen molar-refractivity contribution in [3.8, 4) is 17.2 Å². The van der Waals surface area contributed by atoms with Gasteiger partial charge < -0.3 is 44.9 Å². The highest BCUT2D eigenvalue weighted by Gasteiger charge is 2.46. The molecule has 5 aromatic carbocycles. The maximum Gasteiger partial charge on any atom is 0.326 e. The number of methoxy groups -OCH3 is 1. The minimum absolute atomic E-state index is 0.0578. The Hall–Kier alpha value is -8.00. The number of rotatable bonds is 21. The van der Waals surface area contributed by atoms with Crippen LogP contribution in [0.5, 0.6) is 17.2 Å². The predicted octanol–water partition coefficient (Wildman–Crippen LogP) is 12.6. The molecule has 0 unspecified atom stereocenters. The summed E-state index contributed by atoms with van der Waals surface area (Å²) in [6, 6.07) is 28.6. The number of nitrogens with two attached hydrogens (primary N) is 1. The van der Waals surface area contributed by atoms with E-state index in [-0.39, 0.29) is 58.6 Å². The van der Waals surface area contributed by atoms with E-state index in [1.165, 1.54) is 19.2 Å². The number of benzene rings is 5. The molecule has 86 heavy (non-hydrogen) atoms. The Morgan fingerprint density at radius 3 is 2.01 bits per heavy atom. The Kier molecular flexibility index (Phi) is 20.7. The van der Waals surface area contributed by atoms with Gasteiger partial charge in [-0.15, -0.1) is 0 Å². The number of nitrogen functional groups attached to an aromatic ring is 1. The van der Waals surface area contributed by atoms with Gasteiger partial charge in [0.15, 0.2) is 17.4 Å². The van der Waals surface area contributed by atoms with Gasteiger partial charge in [-0.05, 0) is 124 Å². The third kappa shape index (κ3) is 15.0. The second kappa shape index (κ2) is 28.5. The first-order chi connectivity index (χ1) is 41.4. The number of hydrogen-bond acceptors (Lipinski definition) is 11. The molecule has 3 N–H and O–H groups in total. The second-order valence-electron chi connectivity index (χ2n) is 21.6. The molecular weight excluding hydrogens is 1170 g/mol. The highest BCUT2D eigenvalue weighted by molar-refractivity contribution is 6.31. The van der Waals surface area contributed by atoms with Crippen LogP contribution in [0.15, 0.2) is 120 Å². The quantitative estimate of drug-likeness (QED) is 0.0517. The number of nitrogens with zero attached hydrogens (tertiary/aromatic N) is 7. The Balaban J connectivity index is 0.698. The average Bonchev–Trinajstić information content (AvgIpc) is 1.69. The third-order valence-corrected chi connectivity index (χ3v) is 16.2. The molecule has 0 radical (unpaired) electrons. The van der Waals surface area contributed by atoms with Crippen molar-refractivity contribution in [2.24, 2.45) is 4.99 Å². The van der Waals surface area contributed by atoms with Crippen LogP contribution in [-0.4, -0.2) is 131 Å². The average molecular weight is 1240 g/mol. The molecule has 452 valence electrons. The highest BCUT2D eigenvalue weighted by atomic mass is 35.5.